The Hall–Kier alpha value is -3.68. The van der Waals surface area contributed by atoms with Gasteiger partial charge in [-0.2, -0.15) is 0 Å². The number of amides is 1. The van der Waals surface area contributed by atoms with E-state index >= 15 is 0 Å². The van der Waals surface area contributed by atoms with Crippen LogP contribution in [0.5, 0.6) is 0 Å². The van der Waals surface area contributed by atoms with Crippen LogP contribution in [0.3, 0.4) is 0 Å². The summed E-state index contributed by atoms with van der Waals surface area (Å²) in [6, 6.07) is 22.9. The molecule has 0 unspecified atom stereocenters. The van der Waals surface area contributed by atoms with Gasteiger partial charge in [0.2, 0.25) is 0 Å². The van der Waals surface area contributed by atoms with Crippen molar-refractivity contribution in [2.24, 2.45) is 0 Å². The number of carbonyl (C=O) groups is 1. The molecule has 2 aromatic heterocycles. The normalized spacial score (nSPS) is 11.0. The molecular weight excluding hydrogens is 483 g/mol. The lowest BCUT2D eigenvalue weighted by molar-refractivity contribution is 0.102. The molecule has 0 radical (unpaired) electrons. The largest absolute Gasteiger partial charge is 0.322 e. The number of fused-ring (bicyclic) bond motifs is 1. The van der Waals surface area contributed by atoms with Crippen LogP contribution in [0.4, 0.5) is 10.1 Å². The zero-order chi connectivity index (χ0) is 24.2. The van der Waals surface area contributed by atoms with Crippen LogP contribution in [0, 0.1) is 5.82 Å². The molecule has 0 atom stereocenters. The van der Waals surface area contributed by atoms with Gasteiger partial charge in [0.15, 0.2) is 5.16 Å². The summed E-state index contributed by atoms with van der Waals surface area (Å²) in [5, 5.41) is 4.30. The van der Waals surface area contributed by atoms with Gasteiger partial charge in [-0.1, -0.05) is 53.7 Å². The number of benzene rings is 3. The average molecular weight is 503 g/mol. The highest BCUT2D eigenvalue weighted by atomic mass is 35.5. The van der Waals surface area contributed by atoms with E-state index in [2.05, 4.69) is 14.9 Å². The SMILES string of the molecule is O=C(Nc1cccc(F)c1)c1ccc(Cn2c(SCc3cccc(Cl)c3)nc3ccncc32)cc1. The lowest BCUT2D eigenvalue weighted by atomic mass is 10.1. The first kappa shape index (κ1) is 23.1. The number of nitrogens with one attached hydrogen (secondary N) is 1. The van der Waals surface area contributed by atoms with Crippen LogP contribution in [0.1, 0.15) is 21.5 Å². The summed E-state index contributed by atoms with van der Waals surface area (Å²) in [7, 11) is 0. The van der Waals surface area contributed by atoms with E-state index in [1.165, 1.54) is 12.1 Å². The van der Waals surface area contributed by atoms with Crippen LogP contribution >= 0.6 is 23.4 Å². The Morgan fingerprint density at radius 2 is 1.83 bits per heavy atom. The molecular formula is C27H20ClFN4OS. The number of carbonyl (C=O) groups excluding carboxylic acids is 1. The van der Waals surface area contributed by atoms with Crippen LogP contribution in [0.25, 0.3) is 11.0 Å². The smallest absolute Gasteiger partial charge is 0.255 e. The quantitative estimate of drug-likeness (QED) is 0.248. The van der Waals surface area contributed by atoms with Gasteiger partial charge in [-0.05, 0) is 59.7 Å². The predicted octanol–water partition coefficient (Wildman–Crippen LogP) is 6.82. The number of pyridine rings is 1. The molecule has 3 aromatic carbocycles. The first-order valence-electron chi connectivity index (χ1n) is 10.9. The van der Waals surface area contributed by atoms with E-state index in [0.717, 1.165) is 33.1 Å². The summed E-state index contributed by atoms with van der Waals surface area (Å²) in [6.45, 7) is 0.575. The van der Waals surface area contributed by atoms with Gasteiger partial charge in [0.05, 0.1) is 23.8 Å². The molecule has 5 rings (SSSR count). The Labute approximate surface area is 211 Å². The van der Waals surface area contributed by atoms with Gasteiger partial charge >= 0.3 is 0 Å². The van der Waals surface area contributed by atoms with Gasteiger partial charge in [-0.15, -0.1) is 0 Å². The van der Waals surface area contributed by atoms with Crippen LogP contribution < -0.4 is 5.32 Å². The van der Waals surface area contributed by atoms with Crippen molar-refractivity contribution in [2.75, 3.05) is 5.32 Å². The summed E-state index contributed by atoms with van der Waals surface area (Å²) in [5.41, 5.74) is 4.85. The molecule has 0 saturated carbocycles. The molecule has 0 aliphatic heterocycles. The first-order chi connectivity index (χ1) is 17.0. The number of rotatable bonds is 7. The monoisotopic (exact) mass is 502 g/mol. The van der Waals surface area contributed by atoms with Gasteiger partial charge < -0.3 is 9.88 Å². The third kappa shape index (κ3) is 5.53. The van der Waals surface area contributed by atoms with Crippen molar-refractivity contribution >= 4 is 46.0 Å². The number of imidazole rings is 1. The van der Waals surface area contributed by atoms with Crippen molar-refractivity contribution in [3.63, 3.8) is 0 Å². The summed E-state index contributed by atoms with van der Waals surface area (Å²) < 4.78 is 15.5. The minimum absolute atomic E-state index is 0.294. The van der Waals surface area contributed by atoms with Crippen molar-refractivity contribution < 1.29 is 9.18 Å². The van der Waals surface area contributed by atoms with E-state index in [0.29, 0.717) is 22.8 Å². The fraction of sp³-hybridized carbons (Fsp3) is 0.0741. The third-order valence-corrected chi connectivity index (χ3v) is 6.69. The standard InChI is InChI=1S/C27H20ClFN4OS/c28-21-4-1-3-19(13-21)17-35-27-32-24-11-12-30-15-25(24)33(27)16-18-7-9-20(10-8-18)26(34)31-23-6-2-5-22(29)14-23/h1-15H,16-17H2,(H,31,34). The minimum Gasteiger partial charge on any atom is -0.322 e. The van der Waals surface area contributed by atoms with Gasteiger partial charge in [0.25, 0.3) is 5.91 Å². The van der Waals surface area contributed by atoms with Crippen LogP contribution in [-0.4, -0.2) is 20.4 Å². The number of anilines is 1. The van der Waals surface area contributed by atoms with E-state index in [-0.39, 0.29) is 5.91 Å². The zero-order valence-electron chi connectivity index (χ0n) is 18.5. The van der Waals surface area contributed by atoms with Crippen molar-refractivity contribution in [3.8, 4) is 0 Å². The maximum Gasteiger partial charge on any atom is 0.255 e. The Balaban J connectivity index is 1.35. The molecule has 8 heteroatoms. The summed E-state index contributed by atoms with van der Waals surface area (Å²) in [4.78, 5) is 21.6. The summed E-state index contributed by atoms with van der Waals surface area (Å²) in [5.74, 6) is 0.0395. The van der Waals surface area contributed by atoms with Crippen molar-refractivity contribution in [1.29, 1.82) is 0 Å². The maximum atomic E-state index is 13.4. The number of nitrogens with zero attached hydrogens (tertiary/aromatic N) is 3. The predicted molar refractivity (Wildman–Crippen MR) is 138 cm³/mol. The number of hydrogen-bond donors (Lipinski definition) is 1. The van der Waals surface area contributed by atoms with Gasteiger partial charge in [0.1, 0.15) is 5.82 Å². The summed E-state index contributed by atoms with van der Waals surface area (Å²) in [6.07, 6.45) is 3.55. The first-order valence-corrected chi connectivity index (χ1v) is 12.2. The van der Waals surface area contributed by atoms with Crippen molar-refractivity contribution in [1.82, 2.24) is 14.5 Å². The fourth-order valence-corrected chi connectivity index (χ4v) is 4.87. The number of halogens is 2. The molecule has 35 heavy (non-hydrogen) atoms. The molecule has 0 aliphatic carbocycles. The van der Waals surface area contributed by atoms with E-state index in [9.17, 15) is 9.18 Å². The Bertz CT molecular complexity index is 1500. The highest BCUT2D eigenvalue weighted by molar-refractivity contribution is 7.98. The lowest BCUT2D eigenvalue weighted by Crippen LogP contribution is -2.12. The number of aromatic nitrogens is 3. The Morgan fingerprint density at radius 1 is 1.00 bits per heavy atom. The maximum absolute atomic E-state index is 13.4. The van der Waals surface area contributed by atoms with Crippen molar-refractivity contribution in [3.05, 3.63) is 119 Å². The molecule has 5 nitrogen and oxygen atoms in total. The van der Waals surface area contributed by atoms with E-state index in [1.807, 2.05) is 48.7 Å². The topological polar surface area (TPSA) is 59.8 Å². The number of thioether (sulfide) groups is 1. The van der Waals surface area contributed by atoms with E-state index < -0.39 is 5.82 Å². The van der Waals surface area contributed by atoms with Gasteiger partial charge in [0, 0.05) is 28.2 Å². The Morgan fingerprint density at radius 3 is 2.63 bits per heavy atom. The molecule has 1 N–H and O–H groups in total. The fourth-order valence-electron chi connectivity index (χ4n) is 3.70. The highest BCUT2D eigenvalue weighted by Crippen LogP contribution is 2.28. The second-order valence-electron chi connectivity index (χ2n) is 7.92. The van der Waals surface area contributed by atoms with Crippen LogP contribution in [0.2, 0.25) is 5.02 Å². The number of hydrogen-bond acceptors (Lipinski definition) is 4. The summed E-state index contributed by atoms with van der Waals surface area (Å²) >= 11 is 7.77. The molecule has 1 amide bonds. The van der Waals surface area contributed by atoms with Crippen molar-refractivity contribution in [2.45, 2.75) is 17.5 Å². The van der Waals surface area contributed by atoms with Gasteiger partial charge in [-0.25, -0.2) is 9.37 Å². The van der Waals surface area contributed by atoms with Gasteiger partial charge in [-0.3, -0.25) is 9.78 Å². The second kappa shape index (κ2) is 10.3. The molecule has 0 spiro atoms. The zero-order valence-corrected chi connectivity index (χ0v) is 20.1. The third-order valence-electron chi connectivity index (χ3n) is 5.41. The highest BCUT2D eigenvalue weighted by Gasteiger charge is 2.13. The minimum atomic E-state index is -0.399. The van der Waals surface area contributed by atoms with E-state index in [1.54, 1.807) is 42.2 Å². The molecule has 5 aromatic rings. The van der Waals surface area contributed by atoms with Crippen LogP contribution in [-0.2, 0) is 12.3 Å². The lowest BCUT2D eigenvalue weighted by Gasteiger charge is -2.10. The molecule has 2 heterocycles. The Kier molecular flexibility index (Phi) is 6.79. The molecule has 0 fully saturated rings. The van der Waals surface area contributed by atoms with Crippen LogP contribution in [0.15, 0.2) is 96.4 Å². The van der Waals surface area contributed by atoms with E-state index in [4.69, 9.17) is 16.6 Å². The molecule has 174 valence electrons. The molecule has 0 bridgehead atoms. The molecule has 0 aliphatic rings. The molecule has 0 saturated heterocycles. The second-order valence-corrected chi connectivity index (χ2v) is 9.30. The average Bonchev–Trinajstić information content (AvgIpc) is 3.20.